The van der Waals surface area contributed by atoms with Crippen molar-refractivity contribution in [1.29, 1.82) is 0 Å². The molecule has 0 bridgehead atoms. The minimum atomic E-state index is -3.62. The molecular formula is C16H32NO5P. The second-order valence-electron chi connectivity index (χ2n) is 7.24. The van der Waals surface area contributed by atoms with Crippen molar-refractivity contribution in [1.82, 2.24) is 4.90 Å². The van der Waals surface area contributed by atoms with E-state index in [0.29, 0.717) is 0 Å². The van der Waals surface area contributed by atoms with Gasteiger partial charge in [0.15, 0.2) is 0 Å². The van der Waals surface area contributed by atoms with E-state index in [1.165, 1.54) is 11.9 Å². The van der Waals surface area contributed by atoms with Gasteiger partial charge >= 0.3 is 13.7 Å². The van der Waals surface area contributed by atoms with Gasteiger partial charge in [0.1, 0.15) is 11.0 Å². The quantitative estimate of drug-likeness (QED) is 0.631. The van der Waals surface area contributed by atoms with E-state index in [2.05, 4.69) is 0 Å². The van der Waals surface area contributed by atoms with Gasteiger partial charge < -0.3 is 13.8 Å². The molecule has 0 atom stereocenters. The predicted molar refractivity (Wildman–Crippen MR) is 92.4 cm³/mol. The van der Waals surface area contributed by atoms with Crippen LogP contribution in [-0.2, 0) is 18.3 Å². The molecule has 0 saturated carbocycles. The standard InChI is InChI=1S/C16H32NO5P/c1-10-20-23(19,21-11-2)13(12-15(3,4)5)17(9)14(18)22-16(6,7)8/h12H,10-11H2,1-9H3/b13-12+. The molecule has 0 radical (unpaired) electrons. The number of ether oxygens (including phenoxy) is 1. The van der Waals surface area contributed by atoms with Crippen LogP contribution in [0.5, 0.6) is 0 Å². The van der Waals surface area contributed by atoms with Crippen LogP contribution in [0.2, 0.25) is 0 Å². The second kappa shape index (κ2) is 8.32. The molecule has 136 valence electrons. The molecule has 0 spiro atoms. The van der Waals surface area contributed by atoms with Crippen molar-refractivity contribution in [2.45, 2.75) is 61.0 Å². The van der Waals surface area contributed by atoms with Crippen LogP contribution in [0.15, 0.2) is 11.5 Å². The highest BCUT2D eigenvalue weighted by Crippen LogP contribution is 2.57. The molecular weight excluding hydrogens is 317 g/mol. The molecule has 0 unspecified atom stereocenters. The summed E-state index contributed by atoms with van der Waals surface area (Å²) >= 11 is 0. The highest BCUT2D eigenvalue weighted by Gasteiger charge is 2.37. The van der Waals surface area contributed by atoms with Crippen molar-refractivity contribution in [3.05, 3.63) is 11.5 Å². The van der Waals surface area contributed by atoms with Crippen molar-refractivity contribution < 1.29 is 23.1 Å². The number of carbonyl (C=O) groups excluding carboxylic acids is 1. The van der Waals surface area contributed by atoms with Crippen LogP contribution in [-0.4, -0.2) is 36.9 Å². The molecule has 7 heteroatoms. The van der Waals surface area contributed by atoms with Gasteiger partial charge in [-0.25, -0.2) is 4.79 Å². The molecule has 1 amide bonds. The van der Waals surface area contributed by atoms with E-state index >= 15 is 0 Å². The minimum absolute atomic E-state index is 0.197. The Hall–Kier alpha value is -0.840. The minimum Gasteiger partial charge on any atom is -0.443 e. The van der Waals surface area contributed by atoms with Gasteiger partial charge in [0, 0.05) is 7.05 Å². The molecule has 0 N–H and O–H groups in total. The summed E-state index contributed by atoms with van der Waals surface area (Å²) in [5.41, 5.74) is -0.780. The zero-order valence-corrected chi connectivity index (χ0v) is 16.8. The second-order valence-corrected chi connectivity index (χ2v) is 9.21. The Balaban J connectivity index is 5.85. The van der Waals surface area contributed by atoms with E-state index in [4.69, 9.17) is 13.8 Å². The average molecular weight is 349 g/mol. The van der Waals surface area contributed by atoms with Gasteiger partial charge in [-0.3, -0.25) is 9.46 Å². The third kappa shape index (κ3) is 8.00. The normalized spacial score (nSPS) is 13.9. The van der Waals surface area contributed by atoms with Crippen LogP contribution in [0.4, 0.5) is 4.79 Å². The first-order valence-electron chi connectivity index (χ1n) is 7.85. The van der Waals surface area contributed by atoms with Crippen molar-refractivity contribution in [2.75, 3.05) is 20.3 Å². The summed E-state index contributed by atoms with van der Waals surface area (Å²) in [6.07, 6.45) is 1.12. The van der Waals surface area contributed by atoms with Gasteiger partial charge in [0.05, 0.1) is 13.2 Å². The lowest BCUT2D eigenvalue weighted by Crippen LogP contribution is -2.34. The topological polar surface area (TPSA) is 65.1 Å². The maximum Gasteiger partial charge on any atom is 0.414 e. The molecule has 0 rings (SSSR count). The average Bonchev–Trinajstić information content (AvgIpc) is 2.32. The molecule has 6 nitrogen and oxygen atoms in total. The van der Waals surface area contributed by atoms with Gasteiger partial charge in [-0.1, -0.05) is 20.8 Å². The van der Waals surface area contributed by atoms with Gasteiger partial charge in [-0.2, -0.15) is 0 Å². The summed E-state index contributed by atoms with van der Waals surface area (Å²) in [7, 11) is -2.10. The lowest BCUT2D eigenvalue weighted by Gasteiger charge is -2.30. The zero-order valence-electron chi connectivity index (χ0n) is 15.9. The Morgan fingerprint density at radius 3 is 1.78 bits per heavy atom. The smallest absolute Gasteiger partial charge is 0.414 e. The van der Waals surface area contributed by atoms with Crippen LogP contribution in [0, 0.1) is 5.41 Å². The summed E-state index contributed by atoms with van der Waals surface area (Å²) in [6.45, 7) is 15.0. The monoisotopic (exact) mass is 349 g/mol. The Morgan fingerprint density at radius 2 is 1.48 bits per heavy atom. The van der Waals surface area contributed by atoms with Gasteiger partial charge in [-0.05, 0) is 46.1 Å². The fourth-order valence-corrected chi connectivity index (χ4v) is 3.69. The van der Waals surface area contributed by atoms with Crippen molar-refractivity contribution in [2.24, 2.45) is 5.41 Å². The van der Waals surface area contributed by atoms with Gasteiger partial charge in [-0.15, -0.1) is 0 Å². The number of hydrogen-bond acceptors (Lipinski definition) is 5. The number of carbonyl (C=O) groups is 1. The SMILES string of the molecule is CCOP(=O)(OCC)/C(=C/C(C)(C)C)N(C)C(=O)OC(C)(C)C. The summed E-state index contributed by atoms with van der Waals surface area (Å²) in [5.74, 6) is 0. The highest BCUT2D eigenvalue weighted by molar-refractivity contribution is 7.58. The Bertz CT molecular complexity index is 464. The van der Waals surface area contributed by atoms with Crippen LogP contribution in [0.1, 0.15) is 55.4 Å². The molecule has 0 aliphatic rings. The number of hydrogen-bond donors (Lipinski definition) is 0. The summed E-state index contributed by atoms with van der Waals surface area (Å²) in [5, 5.41) is 0. The van der Waals surface area contributed by atoms with E-state index in [9.17, 15) is 9.36 Å². The molecule has 0 aliphatic heterocycles. The van der Waals surface area contributed by atoms with E-state index in [1.807, 2.05) is 20.8 Å². The number of allylic oxidation sites excluding steroid dienone is 1. The third-order valence-corrected chi connectivity index (χ3v) is 4.64. The van der Waals surface area contributed by atoms with E-state index in [-0.39, 0.29) is 24.1 Å². The first-order valence-corrected chi connectivity index (χ1v) is 9.39. The van der Waals surface area contributed by atoms with Crippen LogP contribution >= 0.6 is 7.60 Å². The predicted octanol–water partition coefficient (Wildman–Crippen LogP) is 5.01. The van der Waals surface area contributed by atoms with Gasteiger partial charge in [0.2, 0.25) is 0 Å². The Morgan fingerprint density at radius 1 is 1.04 bits per heavy atom. The molecule has 0 fully saturated rings. The molecule has 23 heavy (non-hydrogen) atoms. The lowest BCUT2D eigenvalue weighted by molar-refractivity contribution is 0.0353. The number of amides is 1. The summed E-state index contributed by atoms with van der Waals surface area (Å²) in [6, 6.07) is 0. The number of rotatable bonds is 6. The van der Waals surface area contributed by atoms with Crippen LogP contribution in [0.3, 0.4) is 0 Å². The van der Waals surface area contributed by atoms with Crippen LogP contribution < -0.4 is 0 Å². The molecule has 0 aromatic carbocycles. The fourth-order valence-electron chi connectivity index (χ4n) is 1.68. The largest absolute Gasteiger partial charge is 0.443 e. The zero-order chi connectivity index (χ0) is 18.5. The highest BCUT2D eigenvalue weighted by atomic mass is 31.2. The van der Waals surface area contributed by atoms with E-state index in [1.54, 1.807) is 40.7 Å². The molecule has 0 aromatic rings. The maximum atomic E-state index is 13.1. The molecule has 0 aliphatic carbocycles. The molecule has 0 saturated heterocycles. The summed E-state index contributed by atoms with van der Waals surface area (Å²) in [4.78, 5) is 13.6. The third-order valence-electron chi connectivity index (χ3n) is 2.45. The van der Waals surface area contributed by atoms with Crippen LogP contribution in [0.25, 0.3) is 0 Å². The van der Waals surface area contributed by atoms with E-state index in [0.717, 1.165) is 0 Å². The lowest BCUT2D eigenvalue weighted by atomic mass is 9.97. The van der Waals surface area contributed by atoms with E-state index < -0.39 is 19.3 Å². The van der Waals surface area contributed by atoms with Crippen molar-refractivity contribution in [3.8, 4) is 0 Å². The summed E-state index contributed by atoms with van der Waals surface area (Å²) < 4.78 is 29.3. The Kier molecular flexibility index (Phi) is 8.01. The number of nitrogens with zero attached hydrogens (tertiary/aromatic N) is 1. The molecule has 0 aromatic heterocycles. The first-order chi connectivity index (χ1) is 10.3. The van der Waals surface area contributed by atoms with Crippen molar-refractivity contribution >= 4 is 13.7 Å². The Labute approximate surface area is 140 Å². The van der Waals surface area contributed by atoms with Gasteiger partial charge in [0.25, 0.3) is 0 Å². The maximum absolute atomic E-state index is 13.1. The molecule has 0 heterocycles. The fraction of sp³-hybridized carbons (Fsp3) is 0.812. The first kappa shape index (κ1) is 22.2. The van der Waals surface area contributed by atoms with Crippen molar-refractivity contribution in [3.63, 3.8) is 0 Å².